The maximum Gasteiger partial charge on any atom is 0.250 e. The van der Waals surface area contributed by atoms with Crippen LogP contribution < -0.4 is 10.0 Å². The fourth-order valence-electron chi connectivity index (χ4n) is 1.66. The lowest BCUT2D eigenvalue weighted by Crippen LogP contribution is -2.22. The van der Waals surface area contributed by atoms with E-state index in [1.807, 2.05) is 6.92 Å². The van der Waals surface area contributed by atoms with E-state index in [2.05, 4.69) is 33.6 Å². The number of hydrogen-bond acceptors (Lipinski definition) is 6. The molecule has 0 saturated heterocycles. The molecular formula is C13H19N3O3S2. The molecule has 0 fully saturated rings. The Hall–Kier alpha value is -1.22. The van der Waals surface area contributed by atoms with Crippen LogP contribution >= 0.6 is 11.3 Å². The zero-order valence-electron chi connectivity index (χ0n) is 12.2. The van der Waals surface area contributed by atoms with Gasteiger partial charge in [-0.25, -0.2) is 13.1 Å². The van der Waals surface area contributed by atoms with E-state index in [1.54, 1.807) is 12.1 Å². The maximum absolute atomic E-state index is 12.3. The second-order valence-electron chi connectivity index (χ2n) is 5.02. The summed E-state index contributed by atoms with van der Waals surface area (Å²) < 4.78 is 32.0. The average molecular weight is 329 g/mol. The molecule has 2 rings (SSSR count). The zero-order chi connectivity index (χ0) is 15.5. The predicted molar refractivity (Wildman–Crippen MR) is 81.6 cm³/mol. The van der Waals surface area contributed by atoms with Gasteiger partial charge < -0.3 is 9.84 Å². The Bertz CT molecular complexity index is 676. The Kier molecular flexibility index (Phi) is 5.15. The van der Waals surface area contributed by atoms with Crippen LogP contribution in [0.5, 0.6) is 0 Å². The molecule has 8 heteroatoms. The molecule has 116 valence electrons. The smallest absolute Gasteiger partial charge is 0.250 e. The SMILES string of the molecule is Cc1cc(S(=O)(=O)NCc2ccon2)sc1CNC(C)C. The first kappa shape index (κ1) is 16.2. The van der Waals surface area contributed by atoms with Gasteiger partial charge in [-0.1, -0.05) is 19.0 Å². The van der Waals surface area contributed by atoms with Gasteiger partial charge in [0, 0.05) is 23.5 Å². The number of hydrogen-bond donors (Lipinski definition) is 2. The molecule has 2 N–H and O–H groups in total. The summed E-state index contributed by atoms with van der Waals surface area (Å²) in [7, 11) is -3.52. The summed E-state index contributed by atoms with van der Waals surface area (Å²) in [5.74, 6) is 0. The molecule has 0 bridgehead atoms. The highest BCUT2D eigenvalue weighted by Gasteiger charge is 2.19. The minimum absolute atomic E-state index is 0.120. The molecule has 0 unspecified atom stereocenters. The van der Waals surface area contributed by atoms with Gasteiger partial charge in [-0.15, -0.1) is 11.3 Å². The topological polar surface area (TPSA) is 84.2 Å². The first-order valence-electron chi connectivity index (χ1n) is 6.60. The fourth-order valence-corrected chi connectivity index (χ4v) is 4.25. The molecule has 0 amide bonds. The maximum atomic E-state index is 12.3. The largest absolute Gasteiger partial charge is 0.364 e. The summed E-state index contributed by atoms with van der Waals surface area (Å²) in [5.41, 5.74) is 1.53. The summed E-state index contributed by atoms with van der Waals surface area (Å²) >= 11 is 1.29. The molecule has 2 aromatic heterocycles. The highest BCUT2D eigenvalue weighted by atomic mass is 32.2. The van der Waals surface area contributed by atoms with Crippen molar-refractivity contribution in [3.8, 4) is 0 Å². The third kappa shape index (κ3) is 4.37. The van der Waals surface area contributed by atoms with E-state index in [-0.39, 0.29) is 6.54 Å². The fraction of sp³-hybridized carbons (Fsp3) is 0.462. The van der Waals surface area contributed by atoms with Crippen LogP contribution in [0.1, 0.15) is 30.0 Å². The van der Waals surface area contributed by atoms with Gasteiger partial charge >= 0.3 is 0 Å². The molecule has 2 heterocycles. The highest BCUT2D eigenvalue weighted by molar-refractivity contribution is 7.91. The first-order chi connectivity index (χ1) is 9.88. The molecule has 6 nitrogen and oxygen atoms in total. The Labute approximate surface area is 128 Å². The number of sulfonamides is 1. The Morgan fingerprint density at radius 1 is 1.38 bits per heavy atom. The van der Waals surface area contributed by atoms with Crippen LogP contribution in [0.4, 0.5) is 0 Å². The van der Waals surface area contributed by atoms with Crippen molar-refractivity contribution in [3.05, 3.63) is 34.5 Å². The Morgan fingerprint density at radius 3 is 2.76 bits per heavy atom. The van der Waals surface area contributed by atoms with E-state index in [4.69, 9.17) is 0 Å². The number of aromatic nitrogens is 1. The normalized spacial score (nSPS) is 12.2. The number of rotatable bonds is 7. The van der Waals surface area contributed by atoms with Gasteiger partial charge in [-0.2, -0.15) is 0 Å². The third-order valence-electron chi connectivity index (χ3n) is 2.87. The lowest BCUT2D eigenvalue weighted by molar-refractivity contribution is 0.411. The first-order valence-corrected chi connectivity index (χ1v) is 8.90. The summed E-state index contributed by atoms with van der Waals surface area (Å²) in [6.45, 7) is 6.83. The Balaban J connectivity index is 2.07. The molecule has 0 aromatic carbocycles. The van der Waals surface area contributed by atoms with Crippen LogP contribution in [0, 0.1) is 6.92 Å². The monoisotopic (exact) mass is 329 g/mol. The van der Waals surface area contributed by atoms with Gasteiger partial charge in [-0.05, 0) is 18.6 Å². The van der Waals surface area contributed by atoms with Crippen molar-refractivity contribution in [2.45, 2.75) is 44.1 Å². The minimum Gasteiger partial charge on any atom is -0.364 e. The number of thiophene rings is 1. The summed E-state index contributed by atoms with van der Waals surface area (Å²) in [4.78, 5) is 1.03. The molecule has 2 aromatic rings. The number of aryl methyl sites for hydroxylation is 1. The van der Waals surface area contributed by atoms with Crippen molar-refractivity contribution in [3.63, 3.8) is 0 Å². The van der Waals surface area contributed by atoms with Crippen LogP contribution in [0.15, 0.2) is 27.1 Å². The van der Waals surface area contributed by atoms with Crippen molar-refractivity contribution in [2.24, 2.45) is 0 Å². The molecule has 0 spiro atoms. The lowest BCUT2D eigenvalue weighted by Gasteiger charge is -2.06. The predicted octanol–water partition coefficient (Wildman–Crippen LogP) is 2.02. The van der Waals surface area contributed by atoms with Gasteiger partial charge in [0.05, 0.1) is 12.2 Å². The van der Waals surface area contributed by atoms with Crippen LogP contribution in [0.2, 0.25) is 0 Å². The van der Waals surface area contributed by atoms with E-state index < -0.39 is 10.0 Å². The lowest BCUT2D eigenvalue weighted by atomic mass is 10.3. The van der Waals surface area contributed by atoms with Crippen LogP contribution in [0.3, 0.4) is 0 Å². The van der Waals surface area contributed by atoms with Crippen molar-refractivity contribution in [1.29, 1.82) is 0 Å². The van der Waals surface area contributed by atoms with Crippen molar-refractivity contribution in [2.75, 3.05) is 0 Å². The van der Waals surface area contributed by atoms with Crippen molar-refractivity contribution in [1.82, 2.24) is 15.2 Å². The summed E-state index contributed by atoms with van der Waals surface area (Å²) in [6.07, 6.45) is 1.41. The zero-order valence-corrected chi connectivity index (χ0v) is 13.8. The molecule has 21 heavy (non-hydrogen) atoms. The van der Waals surface area contributed by atoms with E-state index in [0.29, 0.717) is 22.5 Å². The molecule has 0 aliphatic heterocycles. The average Bonchev–Trinajstić information content (AvgIpc) is 3.04. The van der Waals surface area contributed by atoms with Gasteiger partial charge in [0.2, 0.25) is 10.0 Å². The van der Waals surface area contributed by atoms with Gasteiger partial charge in [0.25, 0.3) is 0 Å². The third-order valence-corrected chi connectivity index (χ3v) is 5.98. The molecule has 0 aliphatic carbocycles. The quantitative estimate of drug-likeness (QED) is 0.812. The highest BCUT2D eigenvalue weighted by Crippen LogP contribution is 2.26. The van der Waals surface area contributed by atoms with E-state index in [1.165, 1.54) is 17.6 Å². The number of nitrogens with one attached hydrogen (secondary N) is 2. The van der Waals surface area contributed by atoms with Crippen LogP contribution in [-0.4, -0.2) is 19.6 Å². The molecule has 0 atom stereocenters. The van der Waals surface area contributed by atoms with Crippen molar-refractivity contribution < 1.29 is 12.9 Å². The van der Waals surface area contributed by atoms with E-state index >= 15 is 0 Å². The molecular weight excluding hydrogens is 310 g/mol. The molecule has 0 saturated carbocycles. The summed E-state index contributed by atoms with van der Waals surface area (Å²) in [5, 5.41) is 6.97. The second-order valence-corrected chi connectivity index (χ2v) is 8.15. The number of nitrogens with zero attached hydrogens (tertiary/aromatic N) is 1. The van der Waals surface area contributed by atoms with Crippen molar-refractivity contribution >= 4 is 21.4 Å². The minimum atomic E-state index is -3.52. The van der Waals surface area contributed by atoms with Gasteiger partial charge in [-0.3, -0.25) is 0 Å². The summed E-state index contributed by atoms with van der Waals surface area (Å²) in [6, 6.07) is 3.68. The Morgan fingerprint density at radius 2 is 2.14 bits per heavy atom. The molecule has 0 aliphatic rings. The van der Waals surface area contributed by atoms with E-state index in [9.17, 15) is 8.42 Å². The van der Waals surface area contributed by atoms with Gasteiger partial charge in [0.15, 0.2) is 0 Å². The van der Waals surface area contributed by atoms with E-state index in [0.717, 1.165) is 10.4 Å². The second kappa shape index (κ2) is 6.69. The standard InChI is InChI=1S/C13H19N3O3S2/c1-9(2)14-8-12-10(3)6-13(20-12)21(17,18)15-7-11-4-5-19-16-11/h4-6,9,14-15H,7-8H2,1-3H3. The molecule has 0 radical (unpaired) electrons. The van der Waals surface area contributed by atoms with Crippen LogP contribution in [0.25, 0.3) is 0 Å². The van der Waals surface area contributed by atoms with Gasteiger partial charge in [0.1, 0.15) is 10.5 Å². The van der Waals surface area contributed by atoms with Crippen LogP contribution in [-0.2, 0) is 23.1 Å².